The number of allylic oxidation sites excluding steroid dienone is 24. The van der Waals surface area contributed by atoms with Crippen LogP contribution >= 0.6 is 0 Å². The molecular weight excluding hydrogens is 528 g/mol. The molecule has 9 rings (SSSR count). The van der Waals surface area contributed by atoms with Crippen LogP contribution in [0.25, 0.3) is 0 Å². The molecule has 9 aliphatic rings. The van der Waals surface area contributed by atoms with Gasteiger partial charge >= 0.3 is 0 Å². The van der Waals surface area contributed by atoms with E-state index < -0.39 is 0 Å². The zero-order chi connectivity index (χ0) is 29.0. The average molecular weight is 553 g/mol. The van der Waals surface area contributed by atoms with Crippen molar-refractivity contribution >= 4 is 0 Å². The van der Waals surface area contributed by atoms with Gasteiger partial charge in [0.1, 0.15) is 0 Å². The zero-order valence-corrected chi connectivity index (χ0v) is 24.1. The van der Waals surface area contributed by atoms with Crippen LogP contribution in [0.2, 0.25) is 0 Å². The first kappa shape index (κ1) is 24.7. The van der Waals surface area contributed by atoms with Gasteiger partial charge in [-0.05, 0) is 24.3 Å². The van der Waals surface area contributed by atoms with Crippen LogP contribution in [0.1, 0.15) is 25.7 Å². The van der Waals surface area contributed by atoms with Gasteiger partial charge in [-0.2, -0.15) is 0 Å². The fourth-order valence-electron chi connectivity index (χ4n) is 7.05. The van der Waals surface area contributed by atoms with Gasteiger partial charge in [0.25, 0.3) is 0 Å². The quantitative estimate of drug-likeness (QED) is 0.263. The van der Waals surface area contributed by atoms with E-state index in [0.29, 0.717) is 6.42 Å². The van der Waals surface area contributed by atoms with Crippen molar-refractivity contribution in [2.75, 3.05) is 0 Å². The van der Waals surface area contributed by atoms with E-state index in [9.17, 15) is 0 Å². The molecule has 0 spiro atoms. The van der Waals surface area contributed by atoms with E-state index in [2.05, 4.69) is 119 Å². The molecule has 0 aromatic rings. The summed E-state index contributed by atoms with van der Waals surface area (Å²) in [5.41, 5.74) is 48.2. The van der Waals surface area contributed by atoms with Crippen molar-refractivity contribution in [1.82, 2.24) is 0 Å². The summed E-state index contributed by atoms with van der Waals surface area (Å²) in [6.45, 7) is 0. The molecule has 0 amide bonds. The minimum absolute atomic E-state index is 0.712. The van der Waals surface area contributed by atoms with Crippen LogP contribution in [0.4, 0.5) is 0 Å². The molecule has 0 aliphatic heterocycles. The fraction of sp³-hybridized carbons (Fsp3) is 0.0909. The number of rotatable bonds is 0. The van der Waals surface area contributed by atoms with Crippen molar-refractivity contribution in [2.24, 2.45) is 0 Å². The molecule has 0 fully saturated rings. The van der Waals surface area contributed by atoms with E-state index in [1.165, 1.54) is 44.6 Å². The van der Waals surface area contributed by atoms with Crippen LogP contribution in [0.15, 0.2) is 232 Å². The van der Waals surface area contributed by atoms with Gasteiger partial charge in [0, 0.05) is 115 Å². The predicted molar refractivity (Wildman–Crippen MR) is 176 cm³/mol. The Hall–Kier alpha value is -5.92. The van der Waals surface area contributed by atoms with Crippen molar-refractivity contribution in [3.63, 3.8) is 0 Å². The maximum atomic E-state index is 3.86. The number of hydrogen-bond acceptors (Lipinski definition) is 0. The molecule has 0 N–H and O–H groups in total. The molecule has 0 radical (unpaired) electrons. The summed E-state index contributed by atoms with van der Waals surface area (Å²) >= 11 is 0. The van der Waals surface area contributed by atoms with Crippen molar-refractivity contribution in [3.8, 4) is 0 Å². The van der Waals surface area contributed by atoms with Crippen LogP contribution in [-0.2, 0) is 0 Å². The third-order valence-corrected chi connectivity index (χ3v) is 9.00. The van der Waals surface area contributed by atoms with Crippen LogP contribution in [0.3, 0.4) is 0 Å². The van der Waals surface area contributed by atoms with Crippen molar-refractivity contribution < 1.29 is 0 Å². The smallest absolute Gasteiger partial charge is 0.0359 e. The first-order chi connectivity index (χ1) is 21.8. The van der Waals surface area contributed by atoms with E-state index in [1.807, 2.05) is 24.3 Å². The van der Waals surface area contributed by atoms with Gasteiger partial charge in [0.2, 0.25) is 0 Å². The Balaban J connectivity index is 1.30. The Morgan fingerprint density at radius 2 is 0.545 bits per heavy atom. The Morgan fingerprint density at radius 1 is 0.295 bits per heavy atom. The summed E-state index contributed by atoms with van der Waals surface area (Å²) in [4.78, 5) is 0. The first-order valence-electron chi connectivity index (χ1n) is 15.1. The van der Waals surface area contributed by atoms with E-state index in [0.717, 1.165) is 63.8 Å². The third-order valence-electron chi connectivity index (χ3n) is 9.00. The van der Waals surface area contributed by atoms with Crippen molar-refractivity contribution in [2.45, 2.75) is 25.7 Å². The monoisotopic (exact) mass is 552 g/mol. The topological polar surface area (TPSA) is 0 Å². The highest BCUT2D eigenvalue weighted by Crippen LogP contribution is 2.47. The van der Waals surface area contributed by atoms with E-state index >= 15 is 0 Å². The Bertz CT molecular complexity index is 2220. The SMILES string of the molecule is C1=C2CC3=C=C(CC4=C=C(CC5=C=C(CC=1C1=CC=CC=C=C21)C1=C=CC=CC=C51)C1=CC=CC=C=C41)C1=CC=CC=C=C31. The summed E-state index contributed by atoms with van der Waals surface area (Å²) < 4.78 is 0. The molecule has 0 unspecified atom stereocenters. The standard InChI is InChI=1S/C44H24/c1-5-13-37-29-21-30(38(37)14-6-1)26-32-23-34(42-18-10-3-8-16-40(32)42)28-36-24-35(43-19-11-4-12-20-44(36)43)27-33-22-31(25-29)39-15-7-2-9-17-41(33)39/h1-13,15-16,19H,25-28H2. The summed E-state index contributed by atoms with van der Waals surface area (Å²) in [5, 5.41) is 0. The molecule has 0 nitrogen and oxygen atoms in total. The molecule has 200 valence electrons. The van der Waals surface area contributed by atoms with Crippen LogP contribution in [0.5, 0.6) is 0 Å². The van der Waals surface area contributed by atoms with E-state index in [4.69, 9.17) is 0 Å². The molecule has 0 aromatic heterocycles. The molecular formula is C44H24. The van der Waals surface area contributed by atoms with E-state index in [1.54, 1.807) is 0 Å². The molecule has 0 heterocycles. The van der Waals surface area contributed by atoms with E-state index in [-0.39, 0.29) is 0 Å². The molecule has 0 saturated carbocycles. The highest BCUT2D eigenvalue weighted by atomic mass is 14.3. The fourth-order valence-corrected chi connectivity index (χ4v) is 7.05. The van der Waals surface area contributed by atoms with Crippen LogP contribution < -0.4 is 0 Å². The van der Waals surface area contributed by atoms with Crippen LogP contribution in [0, 0.1) is 0 Å². The Labute approximate surface area is 257 Å². The lowest BCUT2D eigenvalue weighted by atomic mass is 9.89. The van der Waals surface area contributed by atoms with Crippen LogP contribution in [-0.4, -0.2) is 0 Å². The molecule has 44 heavy (non-hydrogen) atoms. The summed E-state index contributed by atoms with van der Waals surface area (Å²) in [5.74, 6) is 0. The van der Waals surface area contributed by atoms with Gasteiger partial charge in [-0.25, -0.2) is 0 Å². The summed E-state index contributed by atoms with van der Waals surface area (Å²) in [7, 11) is 0. The number of hydrogen-bond donors (Lipinski definition) is 0. The molecule has 0 atom stereocenters. The van der Waals surface area contributed by atoms with Crippen molar-refractivity contribution in [3.05, 3.63) is 232 Å². The zero-order valence-electron chi connectivity index (χ0n) is 24.1. The Kier molecular flexibility index (Phi) is 5.51. The van der Waals surface area contributed by atoms with Gasteiger partial charge in [-0.15, -0.1) is 45.8 Å². The van der Waals surface area contributed by atoms with Gasteiger partial charge in [-0.1, -0.05) is 72.9 Å². The predicted octanol–water partition coefficient (Wildman–Crippen LogP) is 9.73. The molecule has 0 saturated heterocycles. The second-order valence-electron chi connectivity index (χ2n) is 11.6. The van der Waals surface area contributed by atoms with Gasteiger partial charge in [0.05, 0.1) is 0 Å². The van der Waals surface area contributed by atoms with Crippen molar-refractivity contribution in [1.29, 1.82) is 0 Å². The lowest BCUT2D eigenvalue weighted by Gasteiger charge is -2.12. The normalized spacial score (nSPS) is 22.5. The molecule has 9 aliphatic carbocycles. The number of fused-ring (bicyclic) bond motifs is 12. The lowest BCUT2D eigenvalue weighted by molar-refractivity contribution is 1.15. The van der Waals surface area contributed by atoms with Gasteiger partial charge in [-0.3, -0.25) is 0 Å². The second kappa shape index (κ2) is 9.83. The first-order valence-corrected chi connectivity index (χ1v) is 15.1. The molecule has 0 heteroatoms. The van der Waals surface area contributed by atoms with Gasteiger partial charge in [0.15, 0.2) is 0 Å². The molecule has 0 aromatic carbocycles. The summed E-state index contributed by atoms with van der Waals surface area (Å²) in [6.07, 6.45) is 36.4. The maximum Gasteiger partial charge on any atom is 0.0359 e. The largest absolute Gasteiger partial charge is 0.111 e. The minimum atomic E-state index is 0.712. The van der Waals surface area contributed by atoms with Gasteiger partial charge < -0.3 is 0 Å². The third kappa shape index (κ3) is 3.95. The highest BCUT2D eigenvalue weighted by molar-refractivity contribution is 5.74. The minimum Gasteiger partial charge on any atom is -0.111 e. The molecule has 8 bridgehead atoms. The Morgan fingerprint density at radius 3 is 0.841 bits per heavy atom. The average Bonchev–Trinajstić information content (AvgIpc) is 3.41. The summed E-state index contributed by atoms with van der Waals surface area (Å²) in [6, 6.07) is 0. The highest BCUT2D eigenvalue weighted by Gasteiger charge is 2.32. The maximum absolute atomic E-state index is 3.86. The second-order valence-corrected chi connectivity index (χ2v) is 11.6. The lowest BCUT2D eigenvalue weighted by Crippen LogP contribution is -1.97.